The van der Waals surface area contributed by atoms with Crippen LogP contribution in [0.15, 0.2) is 54.6 Å². The third-order valence-electron chi connectivity index (χ3n) is 5.17. The number of nitrogens with two attached hydrogens (primary N) is 1. The Bertz CT molecular complexity index is 792. The summed E-state index contributed by atoms with van der Waals surface area (Å²) in [5.41, 5.74) is 7.93. The molecule has 0 saturated carbocycles. The number of nitrogens with zero attached hydrogens (tertiary/aromatic N) is 2. The van der Waals surface area contributed by atoms with Crippen LogP contribution in [0, 0.1) is 0 Å². The van der Waals surface area contributed by atoms with Gasteiger partial charge in [-0.05, 0) is 62.6 Å². The highest BCUT2D eigenvalue weighted by atomic mass is 16.2. The van der Waals surface area contributed by atoms with Crippen LogP contribution in [-0.2, 0) is 0 Å². The highest BCUT2D eigenvalue weighted by Gasteiger charge is 2.25. The Hall–Kier alpha value is -2.86. The summed E-state index contributed by atoms with van der Waals surface area (Å²) in [4.78, 5) is 29.0. The number of para-hydroxylation sites is 1. The molecule has 2 aromatic rings. The van der Waals surface area contributed by atoms with Crippen molar-refractivity contribution in [1.29, 1.82) is 0 Å². The molecule has 1 aliphatic heterocycles. The molecule has 6 heteroatoms. The first-order valence-corrected chi connectivity index (χ1v) is 9.88. The van der Waals surface area contributed by atoms with Gasteiger partial charge in [-0.3, -0.25) is 4.79 Å². The SMILES string of the molecule is CCN(C(=O)c1ccc(NC(=O)N2CCCC[C@H]2CN)cc1)c1ccccc1. The molecule has 2 aromatic carbocycles. The topological polar surface area (TPSA) is 78.7 Å². The number of hydrogen-bond acceptors (Lipinski definition) is 3. The van der Waals surface area contributed by atoms with Crippen molar-refractivity contribution in [2.45, 2.75) is 32.2 Å². The molecule has 6 nitrogen and oxygen atoms in total. The zero-order valence-electron chi connectivity index (χ0n) is 16.3. The Labute approximate surface area is 166 Å². The minimum Gasteiger partial charge on any atom is -0.328 e. The van der Waals surface area contributed by atoms with Crippen LogP contribution in [0.2, 0.25) is 0 Å². The molecular formula is C22H28N4O2. The number of benzene rings is 2. The molecule has 0 aromatic heterocycles. The summed E-state index contributed by atoms with van der Waals surface area (Å²) >= 11 is 0. The number of carbonyl (C=O) groups excluding carboxylic acids is 2. The van der Waals surface area contributed by atoms with Gasteiger partial charge >= 0.3 is 6.03 Å². The van der Waals surface area contributed by atoms with Crippen LogP contribution in [0.3, 0.4) is 0 Å². The maximum Gasteiger partial charge on any atom is 0.322 e. The number of likely N-dealkylation sites (tertiary alicyclic amines) is 1. The summed E-state index contributed by atoms with van der Waals surface area (Å²) in [5, 5.41) is 2.92. The van der Waals surface area contributed by atoms with Gasteiger partial charge in [0.2, 0.25) is 0 Å². The fourth-order valence-electron chi connectivity index (χ4n) is 3.61. The summed E-state index contributed by atoms with van der Waals surface area (Å²) in [5.74, 6) is -0.0641. The highest BCUT2D eigenvalue weighted by molar-refractivity contribution is 6.06. The van der Waals surface area contributed by atoms with E-state index in [2.05, 4.69) is 5.32 Å². The van der Waals surface area contributed by atoms with Crippen LogP contribution in [-0.4, -0.2) is 42.5 Å². The van der Waals surface area contributed by atoms with E-state index in [1.165, 1.54) is 0 Å². The molecule has 0 unspecified atom stereocenters. The molecule has 3 N–H and O–H groups in total. The molecule has 1 saturated heterocycles. The second kappa shape index (κ2) is 9.37. The molecule has 1 atom stereocenters. The van der Waals surface area contributed by atoms with Gasteiger partial charge in [0.25, 0.3) is 5.91 Å². The standard InChI is InChI=1S/C22H28N4O2/c1-2-25(19-8-4-3-5-9-19)21(27)17-11-13-18(14-12-17)24-22(28)26-15-7-6-10-20(26)16-23/h3-5,8-9,11-14,20H,2,6-7,10,15-16,23H2,1H3,(H,24,28)/t20-/m0/s1. The van der Waals surface area contributed by atoms with Gasteiger partial charge in [-0.15, -0.1) is 0 Å². The first-order valence-electron chi connectivity index (χ1n) is 9.88. The Morgan fingerprint density at radius 2 is 1.82 bits per heavy atom. The largest absolute Gasteiger partial charge is 0.328 e. The average Bonchev–Trinajstić information content (AvgIpc) is 2.75. The first-order chi connectivity index (χ1) is 13.6. The molecule has 1 fully saturated rings. The Balaban J connectivity index is 1.67. The van der Waals surface area contributed by atoms with Crippen LogP contribution < -0.4 is 16.0 Å². The van der Waals surface area contributed by atoms with Gasteiger partial charge in [0.15, 0.2) is 0 Å². The molecule has 0 aliphatic carbocycles. The van der Waals surface area contributed by atoms with Crippen LogP contribution in [0.1, 0.15) is 36.5 Å². The van der Waals surface area contributed by atoms with E-state index in [0.29, 0.717) is 24.3 Å². The van der Waals surface area contributed by atoms with Crippen molar-refractivity contribution < 1.29 is 9.59 Å². The van der Waals surface area contributed by atoms with E-state index in [1.54, 1.807) is 29.2 Å². The van der Waals surface area contributed by atoms with E-state index in [1.807, 2.05) is 42.2 Å². The monoisotopic (exact) mass is 380 g/mol. The van der Waals surface area contributed by atoms with E-state index in [0.717, 1.165) is 31.5 Å². The summed E-state index contributed by atoms with van der Waals surface area (Å²) in [6.45, 7) is 3.74. The molecule has 3 rings (SSSR count). The lowest BCUT2D eigenvalue weighted by molar-refractivity contribution is 0.0988. The number of amides is 3. The van der Waals surface area contributed by atoms with Crippen LogP contribution in [0.4, 0.5) is 16.2 Å². The summed E-state index contributed by atoms with van der Waals surface area (Å²) in [7, 11) is 0. The van der Waals surface area contributed by atoms with E-state index in [4.69, 9.17) is 5.73 Å². The number of anilines is 2. The Morgan fingerprint density at radius 3 is 2.46 bits per heavy atom. The van der Waals surface area contributed by atoms with Gasteiger partial charge in [-0.1, -0.05) is 18.2 Å². The molecular weight excluding hydrogens is 352 g/mol. The lowest BCUT2D eigenvalue weighted by Gasteiger charge is -2.34. The minimum absolute atomic E-state index is 0.0641. The van der Waals surface area contributed by atoms with E-state index < -0.39 is 0 Å². The molecule has 1 aliphatic rings. The minimum atomic E-state index is -0.131. The molecule has 3 amide bonds. The van der Waals surface area contributed by atoms with E-state index in [-0.39, 0.29) is 18.0 Å². The third-order valence-corrected chi connectivity index (χ3v) is 5.17. The van der Waals surface area contributed by atoms with Crippen molar-refractivity contribution in [3.63, 3.8) is 0 Å². The van der Waals surface area contributed by atoms with Gasteiger partial charge in [0, 0.05) is 42.6 Å². The zero-order valence-corrected chi connectivity index (χ0v) is 16.3. The smallest absolute Gasteiger partial charge is 0.322 e. The average molecular weight is 380 g/mol. The van der Waals surface area contributed by atoms with E-state index >= 15 is 0 Å². The normalized spacial score (nSPS) is 16.5. The van der Waals surface area contributed by atoms with Crippen molar-refractivity contribution in [1.82, 2.24) is 4.90 Å². The second-order valence-electron chi connectivity index (χ2n) is 6.97. The summed E-state index contributed by atoms with van der Waals surface area (Å²) in [6, 6.07) is 16.6. The number of nitrogens with one attached hydrogen (secondary N) is 1. The predicted octanol–water partition coefficient (Wildman–Crippen LogP) is 3.70. The van der Waals surface area contributed by atoms with Crippen LogP contribution in [0.25, 0.3) is 0 Å². The fraction of sp³-hybridized carbons (Fsp3) is 0.364. The molecule has 0 spiro atoms. The van der Waals surface area contributed by atoms with Crippen molar-refractivity contribution in [2.75, 3.05) is 29.9 Å². The van der Waals surface area contributed by atoms with Crippen molar-refractivity contribution in [2.24, 2.45) is 5.73 Å². The predicted molar refractivity (Wildman–Crippen MR) is 113 cm³/mol. The quantitative estimate of drug-likeness (QED) is 0.830. The number of hydrogen-bond donors (Lipinski definition) is 2. The van der Waals surface area contributed by atoms with Gasteiger partial charge in [0.05, 0.1) is 0 Å². The maximum atomic E-state index is 12.9. The van der Waals surface area contributed by atoms with Crippen molar-refractivity contribution in [3.05, 3.63) is 60.2 Å². The number of carbonyl (C=O) groups is 2. The fourth-order valence-corrected chi connectivity index (χ4v) is 3.61. The summed E-state index contributed by atoms with van der Waals surface area (Å²) in [6.07, 6.45) is 3.06. The van der Waals surface area contributed by atoms with Gasteiger partial charge in [-0.2, -0.15) is 0 Å². The number of piperidine rings is 1. The Kier molecular flexibility index (Phi) is 6.66. The first kappa shape index (κ1) is 19.9. The maximum absolute atomic E-state index is 12.9. The van der Waals surface area contributed by atoms with Crippen molar-refractivity contribution >= 4 is 23.3 Å². The van der Waals surface area contributed by atoms with Crippen LogP contribution >= 0.6 is 0 Å². The van der Waals surface area contributed by atoms with E-state index in [9.17, 15) is 9.59 Å². The zero-order chi connectivity index (χ0) is 19.9. The third kappa shape index (κ3) is 4.51. The van der Waals surface area contributed by atoms with Gasteiger partial charge < -0.3 is 20.9 Å². The number of rotatable bonds is 5. The van der Waals surface area contributed by atoms with Gasteiger partial charge in [-0.25, -0.2) is 4.79 Å². The summed E-state index contributed by atoms with van der Waals surface area (Å²) < 4.78 is 0. The van der Waals surface area contributed by atoms with Crippen LogP contribution in [0.5, 0.6) is 0 Å². The van der Waals surface area contributed by atoms with Gasteiger partial charge in [0.1, 0.15) is 0 Å². The molecule has 28 heavy (non-hydrogen) atoms. The second-order valence-corrected chi connectivity index (χ2v) is 6.97. The molecule has 148 valence electrons. The lowest BCUT2D eigenvalue weighted by atomic mass is 10.0. The number of urea groups is 1. The highest BCUT2D eigenvalue weighted by Crippen LogP contribution is 2.20. The van der Waals surface area contributed by atoms with Crippen molar-refractivity contribution in [3.8, 4) is 0 Å². The Morgan fingerprint density at radius 1 is 1.11 bits per heavy atom. The molecule has 0 bridgehead atoms. The molecule has 1 heterocycles. The lowest BCUT2D eigenvalue weighted by Crippen LogP contribution is -2.49. The molecule has 0 radical (unpaired) electrons.